The van der Waals surface area contributed by atoms with Crippen LogP contribution in [0.2, 0.25) is 0 Å². The van der Waals surface area contributed by atoms with Crippen molar-refractivity contribution in [1.82, 2.24) is 5.32 Å². The molecule has 0 bridgehead atoms. The van der Waals surface area contributed by atoms with E-state index in [1.54, 1.807) is 12.1 Å². The third-order valence-electron chi connectivity index (χ3n) is 2.72. The number of nitrogens with one attached hydrogen (secondary N) is 1. The van der Waals surface area contributed by atoms with E-state index >= 15 is 0 Å². The fourth-order valence-electron chi connectivity index (χ4n) is 1.62. The van der Waals surface area contributed by atoms with Gasteiger partial charge >= 0.3 is 0 Å². The highest BCUT2D eigenvalue weighted by Gasteiger charge is 2.15. The van der Waals surface area contributed by atoms with Gasteiger partial charge in [-0.2, -0.15) is 0 Å². The van der Waals surface area contributed by atoms with Gasteiger partial charge in [0.2, 0.25) is 21.8 Å². The van der Waals surface area contributed by atoms with Crippen molar-refractivity contribution in [3.05, 3.63) is 29.8 Å². The molecule has 8 nitrogen and oxygen atoms in total. The van der Waals surface area contributed by atoms with Crippen molar-refractivity contribution in [2.45, 2.75) is 23.8 Å². The molecule has 1 atom stereocenters. The first kappa shape index (κ1) is 17.1. The van der Waals surface area contributed by atoms with E-state index in [0.717, 1.165) is 5.56 Å². The molecular formula is C12H18N4O4S. The van der Waals surface area contributed by atoms with Crippen LogP contribution >= 0.6 is 0 Å². The molecule has 0 aliphatic rings. The minimum absolute atomic E-state index is 0.0266. The van der Waals surface area contributed by atoms with Gasteiger partial charge in [0.1, 0.15) is 0 Å². The van der Waals surface area contributed by atoms with E-state index in [9.17, 15) is 18.0 Å². The maximum atomic E-state index is 11.5. The molecule has 2 amide bonds. The van der Waals surface area contributed by atoms with Gasteiger partial charge in [-0.05, 0) is 24.1 Å². The predicted octanol–water partition coefficient (Wildman–Crippen LogP) is -1.80. The molecule has 0 saturated heterocycles. The van der Waals surface area contributed by atoms with E-state index in [1.165, 1.54) is 12.1 Å². The highest BCUT2D eigenvalue weighted by molar-refractivity contribution is 7.89. The second-order valence-electron chi connectivity index (χ2n) is 4.51. The molecular weight excluding hydrogens is 296 g/mol. The Labute approximate surface area is 122 Å². The Morgan fingerprint density at radius 2 is 1.76 bits per heavy atom. The van der Waals surface area contributed by atoms with Gasteiger partial charge in [-0.15, -0.1) is 0 Å². The monoisotopic (exact) mass is 314 g/mol. The minimum Gasteiger partial charge on any atom is -0.370 e. The number of benzene rings is 1. The van der Waals surface area contributed by atoms with Crippen LogP contribution in [0.15, 0.2) is 29.2 Å². The maximum absolute atomic E-state index is 11.5. The smallest absolute Gasteiger partial charge is 0.238 e. The fourth-order valence-corrected chi connectivity index (χ4v) is 2.13. The van der Waals surface area contributed by atoms with Gasteiger partial charge in [-0.25, -0.2) is 13.6 Å². The third kappa shape index (κ3) is 5.90. The van der Waals surface area contributed by atoms with Gasteiger partial charge in [0.15, 0.2) is 0 Å². The number of carbonyl (C=O) groups is 2. The lowest BCUT2D eigenvalue weighted by molar-refractivity contribution is -0.126. The predicted molar refractivity (Wildman–Crippen MR) is 76.3 cm³/mol. The highest BCUT2D eigenvalue weighted by atomic mass is 32.2. The summed E-state index contributed by atoms with van der Waals surface area (Å²) < 4.78 is 22.2. The summed E-state index contributed by atoms with van der Waals surface area (Å²) in [6.45, 7) is 0.306. The van der Waals surface area contributed by atoms with Crippen LogP contribution in [0.4, 0.5) is 0 Å². The van der Waals surface area contributed by atoms with Gasteiger partial charge < -0.3 is 16.8 Å². The van der Waals surface area contributed by atoms with Crippen molar-refractivity contribution in [3.63, 3.8) is 0 Å². The van der Waals surface area contributed by atoms with Gasteiger partial charge in [-0.3, -0.25) is 9.59 Å². The van der Waals surface area contributed by atoms with E-state index < -0.39 is 27.9 Å². The third-order valence-corrected chi connectivity index (χ3v) is 3.65. The summed E-state index contributed by atoms with van der Waals surface area (Å²) in [4.78, 5) is 22.2. The number of amides is 2. The van der Waals surface area contributed by atoms with E-state index in [1.807, 2.05) is 0 Å². The highest BCUT2D eigenvalue weighted by Crippen LogP contribution is 2.08. The lowest BCUT2D eigenvalue weighted by Gasteiger charge is -2.10. The molecule has 9 heteroatoms. The number of rotatable bonds is 7. The number of carbonyl (C=O) groups excluding carboxylic acids is 2. The van der Waals surface area contributed by atoms with Crippen LogP contribution in [0.5, 0.6) is 0 Å². The number of primary sulfonamides is 1. The summed E-state index contributed by atoms with van der Waals surface area (Å²) in [5.74, 6) is -1.11. The SMILES string of the molecule is NC(=O)CC(N)C(=O)NCCc1ccc(S(N)(=O)=O)cc1. The van der Waals surface area contributed by atoms with Crippen LogP contribution in [0.1, 0.15) is 12.0 Å². The molecule has 1 aromatic carbocycles. The van der Waals surface area contributed by atoms with Crippen LogP contribution in [0, 0.1) is 0 Å². The van der Waals surface area contributed by atoms with Gasteiger partial charge in [0, 0.05) is 6.54 Å². The Morgan fingerprint density at radius 3 is 2.24 bits per heavy atom. The van der Waals surface area contributed by atoms with Crippen LogP contribution in [0.25, 0.3) is 0 Å². The van der Waals surface area contributed by atoms with E-state index in [4.69, 9.17) is 16.6 Å². The first-order chi connectivity index (χ1) is 9.70. The van der Waals surface area contributed by atoms with E-state index in [-0.39, 0.29) is 11.3 Å². The Hall–Kier alpha value is -1.97. The fraction of sp³-hybridized carbons (Fsp3) is 0.333. The second kappa shape index (κ2) is 7.16. The molecule has 0 radical (unpaired) electrons. The quantitative estimate of drug-likeness (QED) is 0.466. The zero-order valence-corrected chi connectivity index (χ0v) is 12.1. The summed E-state index contributed by atoms with van der Waals surface area (Å²) >= 11 is 0. The molecule has 0 fully saturated rings. The molecule has 21 heavy (non-hydrogen) atoms. The lowest BCUT2D eigenvalue weighted by atomic mass is 10.1. The van der Waals surface area contributed by atoms with Crippen LogP contribution < -0.4 is 21.9 Å². The zero-order valence-electron chi connectivity index (χ0n) is 11.3. The molecule has 1 rings (SSSR count). The molecule has 0 heterocycles. The molecule has 0 aliphatic heterocycles. The first-order valence-electron chi connectivity index (χ1n) is 6.13. The second-order valence-corrected chi connectivity index (χ2v) is 6.07. The average Bonchev–Trinajstić information content (AvgIpc) is 2.37. The van der Waals surface area contributed by atoms with Crippen molar-refractivity contribution in [2.24, 2.45) is 16.6 Å². The summed E-state index contributed by atoms with van der Waals surface area (Å²) in [7, 11) is -3.71. The zero-order chi connectivity index (χ0) is 16.0. The van der Waals surface area contributed by atoms with Crippen molar-refractivity contribution in [1.29, 1.82) is 0 Å². The number of hydrogen-bond donors (Lipinski definition) is 4. The summed E-state index contributed by atoms with van der Waals surface area (Å²) in [6.07, 6.45) is 0.273. The molecule has 0 aliphatic carbocycles. The largest absolute Gasteiger partial charge is 0.370 e. The Morgan fingerprint density at radius 1 is 1.19 bits per heavy atom. The number of primary amides is 1. The van der Waals surface area contributed by atoms with E-state index in [0.29, 0.717) is 13.0 Å². The summed E-state index contributed by atoms with van der Waals surface area (Å²) in [5, 5.41) is 7.55. The Balaban J connectivity index is 2.46. The van der Waals surface area contributed by atoms with Crippen molar-refractivity contribution >= 4 is 21.8 Å². The van der Waals surface area contributed by atoms with Gasteiger partial charge in [0.05, 0.1) is 17.4 Å². The van der Waals surface area contributed by atoms with E-state index in [2.05, 4.69) is 5.32 Å². The number of nitrogens with two attached hydrogens (primary N) is 3. The molecule has 0 saturated carbocycles. The lowest BCUT2D eigenvalue weighted by Crippen LogP contribution is -2.43. The normalized spacial score (nSPS) is 12.7. The van der Waals surface area contributed by atoms with Gasteiger partial charge in [-0.1, -0.05) is 12.1 Å². The van der Waals surface area contributed by atoms with Crippen molar-refractivity contribution < 1.29 is 18.0 Å². The van der Waals surface area contributed by atoms with Crippen molar-refractivity contribution in [3.8, 4) is 0 Å². The Kier molecular flexibility index (Phi) is 5.82. The molecule has 0 spiro atoms. The minimum atomic E-state index is -3.71. The van der Waals surface area contributed by atoms with Crippen LogP contribution in [-0.4, -0.2) is 32.8 Å². The summed E-state index contributed by atoms with van der Waals surface area (Å²) in [5.41, 5.74) is 11.2. The first-order valence-corrected chi connectivity index (χ1v) is 7.68. The van der Waals surface area contributed by atoms with Gasteiger partial charge in [0.25, 0.3) is 0 Å². The molecule has 1 unspecified atom stereocenters. The average molecular weight is 314 g/mol. The maximum Gasteiger partial charge on any atom is 0.238 e. The standard InChI is InChI=1S/C12H18N4O4S/c13-10(7-11(14)17)12(18)16-6-5-8-1-3-9(4-2-8)21(15,19)20/h1-4,10H,5-7,13H2,(H2,14,17)(H,16,18)(H2,15,19,20). The molecule has 1 aromatic rings. The topological polar surface area (TPSA) is 158 Å². The van der Waals surface area contributed by atoms with Crippen molar-refractivity contribution in [2.75, 3.05) is 6.54 Å². The van der Waals surface area contributed by atoms with Crippen LogP contribution in [-0.2, 0) is 26.0 Å². The molecule has 116 valence electrons. The molecule has 7 N–H and O–H groups in total. The Bertz CT molecular complexity index is 613. The van der Waals surface area contributed by atoms with Crippen LogP contribution in [0.3, 0.4) is 0 Å². The number of hydrogen-bond acceptors (Lipinski definition) is 5. The summed E-state index contributed by atoms with van der Waals surface area (Å²) in [6, 6.07) is 5.04. The molecule has 0 aromatic heterocycles. The number of sulfonamides is 1.